The number of aromatic carboxylic acids is 1. The second-order valence-corrected chi connectivity index (χ2v) is 4.24. The Kier molecular flexibility index (Phi) is 2.49. The van der Waals surface area contributed by atoms with Gasteiger partial charge in [-0.05, 0) is 50.2 Å². The summed E-state index contributed by atoms with van der Waals surface area (Å²) >= 11 is 0. The van der Waals surface area contributed by atoms with Crippen LogP contribution in [0.1, 0.15) is 33.9 Å². The lowest BCUT2D eigenvalue weighted by Gasteiger charge is -2.19. The summed E-state index contributed by atoms with van der Waals surface area (Å²) in [6.07, 6.45) is 2.07. The van der Waals surface area contributed by atoms with Crippen LogP contribution in [0, 0.1) is 0 Å². The maximum atomic E-state index is 10.8. The van der Waals surface area contributed by atoms with E-state index in [1.165, 1.54) is 11.1 Å². The number of hydrogen-bond donors (Lipinski definition) is 1. The highest BCUT2D eigenvalue weighted by Gasteiger charge is 2.24. The number of nitrogens with zero attached hydrogens (tertiary/aromatic N) is 1. The Morgan fingerprint density at radius 3 is 2.80 bits per heavy atom. The molecule has 0 aromatic heterocycles. The van der Waals surface area contributed by atoms with Crippen LogP contribution >= 0.6 is 0 Å². The van der Waals surface area contributed by atoms with E-state index in [-0.39, 0.29) is 0 Å². The van der Waals surface area contributed by atoms with Gasteiger partial charge in [0, 0.05) is 6.04 Å². The van der Waals surface area contributed by atoms with Crippen molar-refractivity contribution in [1.29, 1.82) is 0 Å². The molecule has 0 heterocycles. The van der Waals surface area contributed by atoms with Crippen molar-refractivity contribution in [2.75, 3.05) is 14.1 Å². The molecule has 2 rings (SSSR count). The summed E-state index contributed by atoms with van der Waals surface area (Å²) in [6.45, 7) is 0. The average Bonchev–Trinajstić information content (AvgIpc) is 2.59. The van der Waals surface area contributed by atoms with Gasteiger partial charge < -0.3 is 10.0 Å². The Labute approximate surface area is 89.3 Å². The summed E-state index contributed by atoms with van der Waals surface area (Å²) < 4.78 is 0. The van der Waals surface area contributed by atoms with Crippen molar-refractivity contribution in [3.05, 3.63) is 34.9 Å². The van der Waals surface area contributed by atoms with E-state index in [1.807, 2.05) is 6.07 Å². The number of carboxylic acids is 1. The van der Waals surface area contributed by atoms with Crippen LogP contribution in [-0.2, 0) is 6.42 Å². The van der Waals surface area contributed by atoms with Crippen molar-refractivity contribution in [3.8, 4) is 0 Å². The smallest absolute Gasteiger partial charge is 0.335 e. The highest BCUT2D eigenvalue weighted by Crippen LogP contribution is 2.34. The van der Waals surface area contributed by atoms with Crippen molar-refractivity contribution in [1.82, 2.24) is 4.90 Å². The van der Waals surface area contributed by atoms with Crippen LogP contribution in [0.4, 0.5) is 0 Å². The van der Waals surface area contributed by atoms with Crippen molar-refractivity contribution < 1.29 is 9.90 Å². The zero-order valence-corrected chi connectivity index (χ0v) is 9.03. The predicted octanol–water partition coefficient (Wildman–Crippen LogP) is 1.93. The van der Waals surface area contributed by atoms with E-state index in [0.29, 0.717) is 11.6 Å². The van der Waals surface area contributed by atoms with Crippen LogP contribution in [0.25, 0.3) is 0 Å². The molecule has 1 unspecified atom stereocenters. The Morgan fingerprint density at radius 1 is 1.47 bits per heavy atom. The SMILES string of the molecule is CN(C)C1CCc2cc(C(=O)O)ccc21. The molecule has 3 nitrogen and oxygen atoms in total. The van der Waals surface area contributed by atoms with E-state index in [9.17, 15) is 4.79 Å². The Morgan fingerprint density at radius 2 is 2.20 bits per heavy atom. The third-order valence-corrected chi connectivity index (χ3v) is 3.06. The minimum absolute atomic E-state index is 0.396. The lowest BCUT2D eigenvalue weighted by molar-refractivity contribution is 0.0697. The maximum absolute atomic E-state index is 10.8. The molecule has 0 amide bonds. The molecular formula is C12H15NO2. The fourth-order valence-electron chi connectivity index (χ4n) is 2.26. The van der Waals surface area contributed by atoms with Gasteiger partial charge in [0.1, 0.15) is 0 Å². The number of benzene rings is 1. The van der Waals surface area contributed by atoms with Crippen LogP contribution in [0.3, 0.4) is 0 Å². The summed E-state index contributed by atoms with van der Waals surface area (Å²) in [5, 5.41) is 8.88. The second kappa shape index (κ2) is 3.66. The number of carboxylic acid groups (broad SMARTS) is 1. The number of aryl methyl sites for hydroxylation is 1. The number of carbonyl (C=O) groups is 1. The molecule has 1 atom stereocenters. The minimum atomic E-state index is -0.842. The highest BCUT2D eigenvalue weighted by atomic mass is 16.4. The minimum Gasteiger partial charge on any atom is -0.478 e. The summed E-state index contributed by atoms with van der Waals surface area (Å²) in [6, 6.07) is 5.91. The van der Waals surface area contributed by atoms with Gasteiger partial charge in [0.05, 0.1) is 5.56 Å². The molecule has 0 saturated heterocycles. The van der Waals surface area contributed by atoms with E-state index in [0.717, 1.165) is 12.8 Å². The maximum Gasteiger partial charge on any atom is 0.335 e. The van der Waals surface area contributed by atoms with E-state index in [4.69, 9.17) is 5.11 Å². The normalized spacial score (nSPS) is 19.3. The fraction of sp³-hybridized carbons (Fsp3) is 0.417. The van der Waals surface area contributed by atoms with Crippen LogP contribution in [0.5, 0.6) is 0 Å². The van der Waals surface area contributed by atoms with Crippen molar-refractivity contribution in [3.63, 3.8) is 0 Å². The van der Waals surface area contributed by atoms with Crippen molar-refractivity contribution in [2.24, 2.45) is 0 Å². The quantitative estimate of drug-likeness (QED) is 0.802. The average molecular weight is 205 g/mol. The third kappa shape index (κ3) is 1.75. The second-order valence-electron chi connectivity index (χ2n) is 4.24. The van der Waals surface area contributed by atoms with Gasteiger partial charge in [0.15, 0.2) is 0 Å². The topological polar surface area (TPSA) is 40.5 Å². The molecule has 15 heavy (non-hydrogen) atoms. The molecule has 0 spiro atoms. The van der Waals surface area contributed by atoms with E-state index < -0.39 is 5.97 Å². The molecule has 1 aliphatic carbocycles. The molecule has 0 bridgehead atoms. The first-order chi connectivity index (χ1) is 7.09. The van der Waals surface area contributed by atoms with E-state index >= 15 is 0 Å². The van der Waals surface area contributed by atoms with Gasteiger partial charge in [0.25, 0.3) is 0 Å². The van der Waals surface area contributed by atoms with Crippen LogP contribution in [-0.4, -0.2) is 30.1 Å². The number of hydrogen-bond acceptors (Lipinski definition) is 2. The molecule has 0 aliphatic heterocycles. The summed E-state index contributed by atoms with van der Waals surface area (Å²) in [4.78, 5) is 13.0. The zero-order chi connectivity index (χ0) is 11.0. The molecule has 0 radical (unpaired) electrons. The van der Waals surface area contributed by atoms with Crippen LogP contribution < -0.4 is 0 Å². The first-order valence-corrected chi connectivity index (χ1v) is 5.12. The molecule has 1 N–H and O–H groups in total. The monoisotopic (exact) mass is 205 g/mol. The lowest BCUT2D eigenvalue weighted by atomic mass is 10.0. The highest BCUT2D eigenvalue weighted by molar-refractivity contribution is 5.88. The van der Waals surface area contributed by atoms with Gasteiger partial charge in [-0.25, -0.2) is 4.79 Å². The Balaban J connectivity index is 2.37. The molecule has 0 fully saturated rings. The Bertz CT molecular complexity index is 399. The fourth-order valence-corrected chi connectivity index (χ4v) is 2.26. The van der Waals surface area contributed by atoms with Crippen LogP contribution in [0.2, 0.25) is 0 Å². The number of rotatable bonds is 2. The number of fused-ring (bicyclic) bond motifs is 1. The van der Waals surface area contributed by atoms with E-state index in [2.05, 4.69) is 19.0 Å². The Hall–Kier alpha value is -1.35. The molecule has 1 aromatic carbocycles. The molecule has 1 aliphatic rings. The largest absolute Gasteiger partial charge is 0.478 e. The zero-order valence-electron chi connectivity index (χ0n) is 9.03. The van der Waals surface area contributed by atoms with Gasteiger partial charge >= 0.3 is 5.97 Å². The third-order valence-electron chi connectivity index (χ3n) is 3.06. The molecule has 3 heteroatoms. The summed E-state index contributed by atoms with van der Waals surface area (Å²) in [7, 11) is 4.12. The lowest BCUT2D eigenvalue weighted by Crippen LogP contribution is -2.17. The predicted molar refractivity (Wildman–Crippen MR) is 58.2 cm³/mol. The van der Waals surface area contributed by atoms with Gasteiger partial charge in [-0.1, -0.05) is 6.07 Å². The van der Waals surface area contributed by atoms with Crippen LogP contribution in [0.15, 0.2) is 18.2 Å². The van der Waals surface area contributed by atoms with Gasteiger partial charge in [-0.3, -0.25) is 0 Å². The first kappa shape index (κ1) is 10.2. The first-order valence-electron chi connectivity index (χ1n) is 5.12. The summed E-state index contributed by atoms with van der Waals surface area (Å²) in [5.74, 6) is -0.842. The molecular weight excluding hydrogens is 190 g/mol. The molecule has 0 saturated carbocycles. The summed E-state index contributed by atoms with van der Waals surface area (Å²) in [5.41, 5.74) is 2.87. The van der Waals surface area contributed by atoms with Gasteiger partial charge in [0.2, 0.25) is 0 Å². The van der Waals surface area contributed by atoms with Crippen molar-refractivity contribution >= 4 is 5.97 Å². The van der Waals surface area contributed by atoms with Gasteiger partial charge in [-0.2, -0.15) is 0 Å². The standard InChI is InChI=1S/C12H15NO2/c1-13(2)11-6-4-8-7-9(12(14)15)3-5-10(8)11/h3,5,7,11H,4,6H2,1-2H3,(H,14,15). The van der Waals surface area contributed by atoms with Gasteiger partial charge in [-0.15, -0.1) is 0 Å². The van der Waals surface area contributed by atoms with Crippen molar-refractivity contribution in [2.45, 2.75) is 18.9 Å². The van der Waals surface area contributed by atoms with E-state index in [1.54, 1.807) is 12.1 Å². The molecule has 80 valence electrons. The molecule has 1 aromatic rings.